The van der Waals surface area contributed by atoms with Crippen LogP contribution in [0.15, 0.2) is 180 Å². The van der Waals surface area contributed by atoms with Crippen molar-refractivity contribution in [3.63, 3.8) is 0 Å². The van der Waals surface area contributed by atoms with Crippen LogP contribution < -0.4 is 0 Å². The molecule has 0 saturated heterocycles. The molecule has 0 amide bonds. The van der Waals surface area contributed by atoms with Crippen LogP contribution in [0.2, 0.25) is 0 Å². The normalized spacial score (nSPS) is 11.3. The molecule has 0 atom stereocenters. The maximum Gasteiger partial charge on any atom is 0.164 e. The van der Waals surface area contributed by atoms with Gasteiger partial charge in [0.05, 0.1) is 0 Å². The van der Waals surface area contributed by atoms with Gasteiger partial charge in [0, 0.05) is 27.5 Å². The molecule has 4 heteroatoms. The van der Waals surface area contributed by atoms with E-state index in [0.29, 0.717) is 17.5 Å². The lowest BCUT2D eigenvalue weighted by Gasteiger charge is -2.10. The summed E-state index contributed by atoms with van der Waals surface area (Å²) in [5.74, 6) is 1.92. The summed E-state index contributed by atoms with van der Waals surface area (Å²) < 4.78 is 6.04. The Morgan fingerprint density at radius 3 is 1.35 bits per heavy atom. The molecule has 9 rings (SSSR count). The first-order valence-corrected chi connectivity index (χ1v) is 16.4. The van der Waals surface area contributed by atoms with Crippen molar-refractivity contribution in [1.82, 2.24) is 15.0 Å². The smallest absolute Gasteiger partial charge is 0.164 e. The molecule has 0 aliphatic heterocycles. The van der Waals surface area contributed by atoms with Crippen LogP contribution >= 0.6 is 0 Å². The van der Waals surface area contributed by atoms with Crippen LogP contribution in [0, 0.1) is 0 Å². The highest BCUT2D eigenvalue weighted by molar-refractivity contribution is 6.06. The number of nitrogens with zero attached hydrogens (tertiary/aromatic N) is 3. The van der Waals surface area contributed by atoms with E-state index in [1.54, 1.807) is 0 Å². The average molecular weight is 628 g/mol. The summed E-state index contributed by atoms with van der Waals surface area (Å²) >= 11 is 0. The van der Waals surface area contributed by atoms with Gasteiger partial charge in [0.15, 0.2) is 17.5 Å². The third-order valence-electron chi connectivity index (χ3n) is 8.97. The number of rotatable bonds is 6. The molecular weight excluding hydrogens is 599 g/mol. The van der Waals surface area contributed by atoms with Gasteiger partial charge in [-0.05, 0) is 57.6 Å². The van der Waals surface area contributed by atoms with Crippen LogP contribution in [0.5, 0.6) is 0 Å². The minimum absolute atomic E-state index is 0.634. The maximum atomic E-state index is 6.04. The molecule has 0 aliphatic carbocycles. The molecule has 0 unspecified atom stereocenters. The molecule has 0 radical (unpaired) electrons. The highest BCUT2D eigenvalue weighted by Gasteiger charge is 2.14. The topological polar surface area (TPSA) is 51.8 Å². The fourth-order valence-electron chi connectivity index (χ4n) is 6.39. The number of aromatic nitrogens is 3. The largest absolute Gasteiger partial charge is 0.456 e. The summed E-state index contributed by atoms with van der Waals surface area (Å²) in [7, 11) is 0. The first-order valence-electron chi connectivity index (χ1n) is 16.4. The molecule has 0 fully saturated rings. The van der Waals surface area contributed by atoms with E-state index >= 15 is 0 Å². The number of hydrogen-bond donors (Lipinski definition) is 0. The van der Waals surface area contributed by atoms with Gasteiger partial charge >= 0.3 is 0 Å². The molecule has 0 N–H and O–H groups in total. The Hall–Kier alpha value is -6.65. The minimum Gasteiger partial charge on any atom is -0.456 e. The molecule has 0 bridgehead atoms. The zero-order valence-electron chi connectivity index (χ0n) is 26.5. The summed E-state index contributed by atoms with van der Waals surface area (Å²) in [6.07, 6.45) is 0. The molecule has 2 aromatic heterocycles. The molecule has 0 aliphatic rings. The molecule has 4 nitrogen and oxygen atoms in total. The number of hydrogen-bond acceptors (Lipinski definition) is 4. The quantitative estimate of drug-likeness (QED) is 0.184. The van der Waals surface area contributed by atoms with Crippen molar-refractivity contribution in [3.05, 3.63) is 176 Å². The Morgan fingerprint density at radius 2 is 0.673 bits per heavy atom. The SMILES string of the molecule is c1ccc(-c2ccc(-c3nc(-c4ccccc4)nc(-c4cccc(-c5ccc(-c6ccc7oc8ccccc8c7c6)cc5)c4)n3)cc2)cc1. The van der Waals surface area contributed by atoms with Crippen molar-refractivity contribution in [1.29, 1.82) is 0 Å². The van der Waals surface area contributed by atoms with Gasteiger partial charge in [-0.15, -0.1) is 0 Å². The van der Waals surface area contributed by atoms with Crippen molar-refractivity contribution in [2.45, 2.75) is 0 Å². The van der Waals surface area contributed by atoms with E-state index < -0.39 is 0 Å². The predicted molar refractivity (Wildman–Crippen MR) is 200 cm³/mol. The van der Waals surface area contributed by atoms with Crippen LogP contribution in [0.1, 0.15) is 0 Å². The third-order valence-corrected chi connectivity index (χ3v) is 8.97. The molecule has 49 heavy (non-hydrogen) atoms. The van der Waals surface area contributed by atoms with Gasteiger partial charge in [-0.2, -0.15) is 0 Å². The van der Waals surface area contributed by atoms with Crippen molar-refractivity contribution in [2.75, 3.05) is 0 Å². The first-order chi connectivity index (χ1) is 24.2. The van der Waals surface area contributed by atoms with Gasteiger partial charge in [-0.25, -0.2) is 15.0 Å². The summed E-state index contributed by atoms with van der Waals surface area (Å²) in [5, 5.41) is 2.26. The fourth-order valence-corrected chi connectivity index (χ4v) is 6.39. The Balaban J connectivity index is 1.06. The summed E-state index contributed by atoms with van der Waals surface area (Å²) in [6.45, 7) is 0. The predicted octanol–water partition coefficient (Wildman–Crippen LogP) is 11.8. The zero-order valence-corrected chi connectivity index (χ0v) is 26.5. The van der Waals surface area contributed by atoms with Crippen molar-refractivity contribution < 1.29 is 4.42 Å². The van der Waals surface area contributed by atoms with Gasteiger partial charge in [0.2, 0.25) is 0 Å². The van der Waals surface area contributed by atoms with E-state index in [4.69, 9.17) is 19.4 Å². The number of fused-ring (bicyclic) bond motifs is 3. The Morgan fingerprint density at radius 1 is 0.265 bits per heavy atom. The lowest BCUT2D eigenvalue weighted by Crippen LogP contribution is -2.00. The van der Waals surface area contributed by atoms with Gasteiger partial charge in [-0.1, -0.05) is 152 Å². The van der Waals surface area contributed by atoms with Crippen LogP contribution in [0.4, 0.5) is 0 Å². The van der Waals surface area contributed by atoms with E-state index in [-0.39, 0.29) is 0 Å². The van der Waals surface area contributed by atoms with Crippen LogP contribution in [-0.2, 0) is 0 Å². The van der Waals surface area contributed by atoms with E-state index in [2.05, 4.69) is 127 Å². The molecule has 9 aromatic rings. The Labute approximate surface area is 284 Å². The highest BCUT2D eigenvalue weighted by atomic mass is 16.3. The Bertz CT molecular complexity index is 2570. The first kappa shape index (κ1) is 28.6. The van der Waals surface area contributed by atoms with Gasteiger partial charge in [-0.3, -0.25) is 0 Å². The number of benzene rings is 7. The molecule has 0 spiro atoms. The summed E-state index contributed by atoms with van der Waals surface area (Å²) in [6, 6.07) is 60.6. The van der Waals surface area contributed by atoms with E-state index in [1.165, 1.54) is 5.56 Å². The van der Waals surface area contributed by atoms with Crippen molar-refractivity contribution >= 4 is 21.9 Å². The van der Waals surface area contributed by atoms with E-state index in [0.717, 1.165) is 66.4 Å². The number of para-hydroxylation sites is 1. The summed E-state index contributed by atoms with van der Waals surface area (Å²) in [5.41, 5.74) is 11.5. The van der Waals surface area contributed by atoms with Crippen LogP contribution in [0.3, 0.4) is 0 Å². The van der Waals surface area contributed by atoms with E-state index in [1.807, 2.05) is 48.5 Å². The van der Waals surface area contributed by atoms with Crippen molar-refractivity contribution in [3.8, 4) is 67.5 Å². The molecular formula is C45H29N3O. The van der Waals surface area contributed by atoms with Crippen molar-refractivity contribution in [2.24, 2.45) is 0 Å². The monoisotopic (exact) mass is 627 g/mol. The minimum atomic E-state index is 0.634. The lowest BCUT2D eigenvalue weighted by molar-refractivity contribution is 0.669. The van der Waals surface area contributed by atoms with Gasteiger partial charge in [0.1, 0.15) is 11.2 Å². The maximum absolute atomic E-state index is 6.04. The molecule has 2 heterocycles. The highest BCUT2D eigenvalue weighted by Crippen LogP contribution is 2.34. The fraction of sp³-hybridized carbons (Fsp3) is 0. The van der Waals surface area contributed by atoms with Gasteiger partial charge < -0.3 is 4.42 Å². The molecule has 0 saturated carbocycles. The van der Waals surface area contributed by atoms with Crippen LogP contribution in [-0.4, -0.2) is 15.0 Å². The number of furan rings is 1. The summed E-state index contributed by atoms with van der Waals surface area (Å²) in [4.78, 5) is 14.9. The second kappa shape index (κ2) is 12.2. The van der Waals surface area contributed by atoms with E-state index in [9.17, 15) is 0 Å². The molecule has 230 valence electrons. The van der Waals surface area contributed by atoms with Crippen LogP contribution in [0.25, 0.3) is 89.5 Å². The lowest BCUT2D eigenvalue weighted by atomic mass is 9.98. The van der Waals surface area contributed by atoms with Gasteiger partial charge in [0.25, 0.3) is 0 Å². The third kappa shape index (κ3) is 5.56. The second-order valence-corrected chi connectivity index (χ2v) is 12.1. The standard InChI is InChI=1S/C45H29N3O/c1-3-10-30(11-4-1)31-22-24-35(25-23-31)44-46-43(34-12-5-2-6-13-34)47-45(48-44)38-15-9-14-36(28-38)32-18-20-33(21-19-32)37-26-27-42-40(29-37)39-16-7-8-17-41(39)49-42/h1-29H. The zero-order chi connectivity index (χ0) is 32.6. The second-order valence-electron chi connectivity index (χ2n) is 12.1. The molecule has 7 aromatic carbocycles. The Kier molecular flexibility index (Phi) is 7.10. The average Bonchev–Trinajstić information content (AvgIpc) is 3.57.